The lowest BCUT2D eigenvalue weighted by Crippen LogP contribution is -2.49. The Hall–Kier alpha value is -1.02. The predicted octanol–water partition coefficient (Wildman–Crippen LogP) is 1.36. The summed E-state index contributed by atoms with van der Waals surface area (Å²) in [5.41, 5.74) is -0.185. The highest BCUT2D eigenvalue weighted by atomic mass is 19.4. The molecule has 2 aliphatic rings. The van der Waals surface area contributed by atoms with Crippen LogP contribution in [0.5, 0.6) is 0 Å². The van der Waals surface area contributed by atoms with E-state index in [1.54, 1.807) is 7.05 Å². The van der Waals surface area contributed by atoms with Crippen LogP contribution >= 0.6 is 0 Å². The molecule has 2 fully saturated rings. The third-order valence-electron chi connectivity index (χ3n) is 4.17. The van der Waals surface area contributed by atoms with Gasteiger partial charge in [0.2, 0.25) is 0 Å². The number of aliphatic imine (C=N–C) groups is 1. The number of ether oxygens (including phenoxy) is 1. The molecular weight excluding hydrogens is 297 g/mol. The van der Waals surface area contributed by atoms with Crippen LogP contribution in [0.25, 0.3) is 0 Å². The molecule has 22 heavy (non-hydrogen) atoms. The van der Waals surface area contributed by atoms with Gasteiger partial charge in [0.05, 0.1) is 12.1 Å². The largest absolute Gasteiger partial charge is 0.401 e. The molecule has 0 amide bonds. The van der Waals surface area contributed by atoms with Crippen LogP contribution in [0.15, 0.2) is 4.99 Å². The normalized spacial score (nSPS) is 30.8. The van der Waals surface area contributed by atoms with Crippen molar-refractivity contribution >= 4 is 5.96 Å². The van der Waals surface area contributed by atoms with Crippen molar-refractivity contribution in [3.8, 4) is 0 Å². The molecule has 2 N–H and O–H groups in total. The molecule has 2 unspecified atom stereocenters. The number of nitrogens with one attached hydrogen (secondary N) is 2. The first-order valence-corrected chi connectivity index (χ1v) is 7.70. The fourth-order valence-electron chi connectivity index (χ4n) is 2.98. The lowest BCUT2D eigenvalue weighted by Gasteiger charge is -2.26. The van der Waals surface area contributed by atoms with E-state index in [1.165, 1.54) is 4.90 Å². The van der Waals surface area contributed by atoms with Gasteiger partial charge in [0.25, 0.3) is 0 Å². The average Bonchev–Trinajstić information content (AvgIpc) is 3.03. The maximum Gasteiger partial charge on any atom is 0.401 e. The predicted molar refractivity (Wildman–Crippen MR) is 79.0 cm³/mol. The SMILES string of the molecule is CN=C(NCC1(C)CCCO1)NC1CCN(CC(F)(F)F)C1. The van der Waals surface area contributed by atoms with Crippen molar-refractivity contribution in [1.82, 2.24) is 15.5 Å². The van der Waals surface area contributed by atoms with E-state index >= 15 is 0 Å². The summed E-state index contributed by atoms with van der Waals surface area (Å²) >= 11 is 0. The van der Waals surface area contributed by atoms with Gasteiger partial charge in [-0.15, -0.1) is 0 Å². The standard InChI is InChI=1S/C14H25F3N4O/c1-13(5-3-7-22-13)9-19-12(18-2)20-11-4-6-21(8-11)10-14(15,16)17/h11H,3-10H2,1-2H3,(H2,18,19,20). The van der Waals surface area contributed by atoms with E-state index in [4.69, 9.17) is 4.74 Å². The summed E-state index contributed by atoms with van der Waals surface area (Å²) in [4.78, 5) is 5.56. The average molecular weight is 322 g/mol. The number of rotatable bonds is 4. The van der Waals surface area contributed by atoms with E-state index < -0.39 is 12.7 Å². The Balaban J connectivity index is 1.74. The van der Waals surface area contributed by atoms with Crippen LogP contribution in [0, 0.1) is 0 Å². The highest BCUT2D eigenvalue weighted by Crippen LogP contribution is 2.24. The topological polar surface area (TPSA) is 48.9 Å². The lowest BCUT2D eigenvalue weighted by molar-refractivity contribution is -0.143. The van der Waals surface area contributed by atoms with Crippen molar-refractivity contribution in [3.63, 3.8) is 0 Å². The summed E-state index contributed by atoms with van der Waals surface area (Å²) in [6, 6.07) is -0.00847. The van der Waals surface area contributed by atoms with E-state index in [9.17, 15) is 13.2 Å². The minimum Gasteiger partial charge on any atom is -0.373 e. The lowest BCUT2D eigenvalue weighted by atomic mass is 10.0. The fourth-order valence-corrected chi connectivity index (χ4v) is 2.98. The Morgan fingerprint density at radius 2 is 2.23 bits per heavy atom. The number of likely N-dealkylation sites (tertiary alicyclic amines) is 1. The van der Waals surface area contributed by atoms with Gasteiger partial charge in [-0.25, -0.2) is 0 Å². The van der Waals surface area contributed by atoms with Crippen LogP contribution in [-0.4, -0.2) is 68.5 Å². The van der Waals surface area contributed by atoms with E-state index in [0.717, 1.165) is 19.4 Å². The van der Waals surface area contributed by atoms with Crippen molar-refractivity contribution in [2.75, 3.05) is 39.8 Å². The van der Waals surface area contributed by atoms with E-state index in [0.29, 0.717) is 32.0 Å². The van der Waals surface area contributed by atoms with E-state index in [-0.39, 0.29) is 11.6 Å². The van der Waals surface area contributed by atoms with Crippen molar-refractivity contribution in [1.29, 1.82) is 0 Å². The van der Waals surface area contributed by atoms with E-state index in [2.05, 4.69) is 22.5 Å². The molecule has 5 nitrogen and oxygen atoms in total. The fraction of sp³-hybridized carbons (Fsp3) is 0.929. The first-order chi connectivity index (χ1) is 10.3. The molecule has 0 saturated carbocycles. The summed E-state index contributed by atoms with van der Waals surface area (Å²) in [5.74, 6) is 0.621. The Morgan fingerprint density at radius 1 is 1.45 bits per heavy atom. The smallest absolute Gasteiger partial charge is 0.373 e. The molecule has 8 heteroatoms. The molecule has 0 aromatic carbocycles. The van der Waals surface area contributed by atoms with Crippen LogP contribution in [0.4, 0.5) is 13.2 Å². The first kappa shape index (κ1) is 17.3. The van der Waals surface area contributed by atoms with Gasteiger partial charge < -0.3 is 15.4 Å². The van der Waals surface area contributed by atoms with Crippen LogP contribution in [0.1, 0.15) is 26.2 Å². The van der Waals surface area contributed by atoms with Crippen molar-refractivity contribution < 1.29 is 17.9 Å². The molecule has 2 rings (SSSR count). The summed E-state index contributed by atoms with van der Waals surface area (Å²) in [6.07, 6.45) is -1.40. The molecule has 2 atom stereocenters. The molecule has 2 aliphatic heterocycles. The van der Waals surface area contributed by atoms with Gasteiger partial charge in [-0.2, -0.15) is 13.2 Å². The number of halogens is 3. The van der Waals surface area contributed by atoms with Gasteiger partial charge in [-0.1, -0.05) is 0 Å². The van der Waals surface area contributed by atoms with Crippen LogP contribution < -0.4 is 10.6 Å². The Labute approximate surface area is 129 Å². The molecule has 128 valence electrons. The highest BCUT2D eigenvalue weighted by Gasteiger charge is 2.35. The first-order valence-electron chi connectivity index (χ1n) is 7.70. The van der Waals surface area contributed by atoms with Gasteiger partial charge in [0, 0.05) is 39.3 Å². The molecular formula is C14H25F3N4O. The maximum atomic E-state index is 12.4. The third kappa shape index (κ3) is 5.31. The zero-order valence-corrected chi connectivity index (χ0v) is 13.2. The molecule has 0 radical (unpaired) electrons. The second kappa shape index (κ2) is 7.04. The Kier molecular flexibility index (Phi) is 5.55. The molecule has 2 saturated heterocycles. The second-order valence-corrected chi connectivity index (χ2v) is 6.31. The van der Waals surface area contributed by atoms with Gasteiger partial charge >= 0.3 is 6.18 Å². The Bertz CT molecular complexity index is 394. The highest BCUT2D eigenvalue weighted by molar-refractivity contribution is 5.80. The van der Waals surface area contributed by atoms with E-state index in [1.807, 2.05) is 0 Å². The maximum absolute atomic E-state index is 12.4. The number of hydrogen-bond donors (Lipinski definition) is 2. The molecule has 0 spiro atoms. The van der Waals surface area contributed by atoms with Crippen LogP contribution in [0.2, 0.25) is 0 Å². The van der Waals surface area contributed by atoms with Gasteiger partial charge in [0.15, 0.2) is 5.96 Å². The summed E-state index contributed by atoms with van der Waals surface area (Å²) in [5, 5.41) is 6.41. The van der Waals surface area contributed by atoms with Gasteiger partial charge in [-0.05, 0) is 26.2 Å². The number of hydrogen-bond acceptors (Lipinski definition) is 3. The zero-order chi connectivity index (χ0) is 16.2. The number of alkyl halides is 3. The van der Waals surface area contributed by atoms with Crippen molar-refractivity contribution in [3.05, 3.63) is 0 Å². The molecule has 0 bridgehead atoms. The van der Waals surface area contributed by atoms with Gasteiger partial charge in [-0.3, -0.25) is 9.89 Å². The molecule has 0 aromatic heterocycles. The summed E-state index contributed by atoms with van der Waals surface area (Å²) < 4.78 is 42.9. The Morgan fingerprint density at radius 3 is 2.82 bits per heavy atom. The summed E-state index contributed by atoms with van der Waals surface area (Å²) in [6.45, 7) is 3.47. The molecule has 0 aliphatic carbocycles. The molecule has 0 aromatic rings. The van der Waals surface area contributed by atoms with Gasteiger partial charge in [0.1, 0.15) is 0 Å². The molecule has 2 heterocycles. The number of nitrogens with zero attached hydrogens (tertiary/aromatic N) is 2. The number of guanidine groups is 1. The van der Waals surface area contributed by atoms with Crippen molar-refractivity contribution in [2.24, 2.45) is 4.99 Å². The van der Waals surface area contributed by atoms with Crippen LogP contribution in [-0.2, 0) is 4.74 Å². The minimum absolute atomic E-state index is 0.00847. The third-order valence-corrected chi connectivity index (χ3v) is 4.17. The zero-order valence-electron chi connectivity index (χ0n) is 13.2. The van der Waals surface area contributed by atoms with Crippen LogP contribution in [0.3, 0.4) is 0 Å². The van der Waals surface area contributed by atoms with Crippen molar-refractivity contribution in [2.45, 2.75) is 44.0 Å². The quantitative estimate of drug-likeness (QED) is 0.606. The summed E-state index contributed by atoms with van der Waals surface area (Å²) in [7, 11) is 1.66. The second-order valence-electron chi connectivity index (χ2n) is 6.31. The monoisotopic (exact) mass is 322 g/mol. The minimum atomic E-state index is -4.14.